The van der Waals surface area contributed by atoms with Gasteiger partial charge in [-0.3, -0.25) is 0 Å². The van der Waals surface area contributed by atoms with Gasteiger partial charge in [0.25, 0.3) is 0 Å². The number of benzene rings is 10. The predicted molar refractivity (Wildman–Crippen MR) is 268 cm³/mol. The SMILES string of the molecule is c1ccc(-c2ccc(-c3cc(-c4ccc(-c5ccccc5)cc4)nc(-c4cccc(-c5cc6ccccc6c6c5-c5ccccc5C65c6ccccc6-c6ccccc65)c4)n3)cc2)cc1. The predicted octanol–water partition coefficient (Wildman–Crippen LogP) is 16.0. The molecular formula is C63H40N2. The highest BCUT2D eigenvalue weighted by Gasteiger charge is 2.53. The van der Waals surface area contributed by atoms with Crippen molar-refractivity contribution in [2.24, 2.45) is 0 Å². The summed E-state index contributed by atoms with van der Waals surface area (Å²) in [4.78, 5) is 10.7. The zero-order valence-electron chi connectivity index (χ0n) is 35.5. The summed E-state index contributed by atoms with van der Waals surface area (Å²) in [7, 11) is 0. The normalized spacial score (nSPS) is 12.7. The van der Waals surface area contributed by atoms with Crippen molar-refractivity contribution in [2.75, 3.05) is 0 Å². The van der Waals surface area contributed by atoms with Crippen LogP contribution in [0.5, 0.6) is 0 Å². The number of hydrogen-bond donors (Lipinski definition) is 0. The molecule has 1 spiro atoms. The molecule has 65 heavy (non-hydrogen) atoms. The first-order chi connectivity index (χ1) is 32.2. The van der Waals surface area contributed by atoms with Gasteiger partial charge in [-0.2, -0.15) is 0 Å². The van der Waals surface area contributed by atoms with Crippen molar-refractivity contribution < 1.29 is 0 Å². The summed E-state index contributed by atoms with van der Waals surface area (Å²) in [6.07, 6.45) is 0. The lowest BCUT2D eigenvalue weighted by Crippen LogP contribution is -2.26. The fourth-order valence-corrected chi connectivity index (χ4v) is 10.8. The molecule has 0 amide bonds. The van der Waals surface area contributed by atoms with Crippen LogP contribution in [0.4, 0.5) is 0 Å². The lowest BCUT2D eigenvalue weighted by atomic mass is 9.69. The zero-order valence-corrected chi connectivity index (χ0v) is 35.5. The minimum Gasteiger partial charge on any atom is -0.228 e. The molecule has 0 unspecified atom stereocenters. The van der Waals surface area contributed by atoms with Crippen LogP contribution in [0.25, 0.3) is 100 Å². The molecule has 0 N–H and O–H groups in total. The molecule has 13 rings (SSSR count). The van der Waals surface area contributed by atoms with Crippen LogP contribution in [-0.4, -0.2) is 9.97 Å². The highest BCUT2D eigenvalue weighted by molar-refractivity contribution is 6.09. The van der Waals surface area contributed by atoms with Crippen LogP contribution in [0.15, 0.2) is 243 Å². The highest BCUT2D eigenvalue weighted by Crippen LogP contribution is 2.65. The average molecular weight is 825 g/mol. The summed E-state index contributed by atoms with van der Waals surface area (Å²) in [6.45, 7) is 0. The van der Waals surface area contributed by atoms with E-state index in [1.165, 1.54) is 83.1 Å². The Morgan fingerprint density at radius 2 is 0.708 bits per heavy atom. The van der Waals surface area contributed by atoms with Gasteiger partial charge in [0, 0.05) is 16.7 Å². The first-order valence-electron chi connectivity index (χ1n) is 22.4. The van der Waals surface area contributed by atoms with Gasteiger partial charge in [0.1, 0.15) is 0 Å². The van der Waals surface area contributed by atoms with Crippen LogP contribution in [0.1, 0.15) is 22.3 Å². The number of rotatable bonds is 6. The summed E-state index contributed by atoms with van der Waals surface area (Å²) in [6, 6.07) is 88.1. The molecule has 11 aromatic rings. The summed E-state index contributed by atoms with van der Waals surface area (Å²) in [5.74, 6) is 0.687. The summed E-state index contributed by atoms with van der Waals surface area (Å²) in [5, 5.41) is 2.50. The lowest BCUT2D eigenvalue weighted by molar-refractivity contribution is 0.801. The van der Waals surface area contributed by atoms with E-state index in [4.69, 9.17) is 9.97 Å². The Bertz CT molecular complexity index is 3480. The molecule has 0 atom stereocenters. The Hall–Kier alpha value is -8.46. The van der Waals surface area contributed by atoms with Crippen molar-refractivity contribution in [2.45, 2.75) is 5.41 Å². The van der Waals surface area contributed by atoms with Crippen LogP contribution >= 0.6 is 0 Å². The van der Waals surface area contributed by atoms with E-state index in [2.05, 4.69) is 243 Å². The number of fused-ring (bicyclic) bond motifs is 12. The summed E-state index contributed by atoms with van der Waals surface area (Å²) >= 11 is 0. The van der Waals surface area contributed by atoms with Gasteiger partial charge in [0.2, 0.25) is 0 Å². The van der Waals surface area contributed by atoms with Gasteiger partial charge < -0.3 is 0 Å². The lowest BCUT2D eigenvalue weighted by Gasteiger charge is -2.31. The maximum absolute atomic E-state index is 5.36. The van der Waals surface area contributed by atoms with E-state index in [1.54, 1.807) is 0 Å². The maximum atomic E-state index is 5.36. The monoisotopic (exact) mass is 824 g/mol. The molecule has 0 bridgehead atoms. The molecule has 2 aliphatic rings. The van der Waals surface area contributed by atoms with Gasteiger partial charge >= 0.3 is 0 Å². The molecular weight excluding hydrogens is 785 g/mol. The van der Waals surface area contributed by atoms with Gasteiger partial charge in [-0.05, 0) is 107 Å². The van der Waals surface area contributed by atoms with E-state index in [9.17, 15) is 0 Å². The third kappa shape index (κ3) is 5.81. The third-order valence-corrected chi connectivity index (χ3v) is 13.7. The van der Waals surface area contributed by atoms with Crippen LogP contribution in [0.3, 0.4) is 0 Å². The van der Waals surface area contributed by atoms with Crippen molar-refractivity contribution in [1.82, 2.24) is 9.97 Å². The first-order valence-corrected chi connectivity index (χ1v) is 22.4. The second-order valence-electron chi connectivity index (χ2n) is 17.2. The average Bonchev–Trinajstić information content (AvgIpc) is 3.87. The van der Waals surface area contributed by atoms with Gasteiger partial charge in [0.15, 0.2) is 5.82 Å². The molecule has 2 aliphatic carbocycles. The highest BCUT2D eigenvalue weighted by atomic mass is 14.9. The second-order valence-corrected chi connectivity index (χ2v) is 17.2. The molecule has 0 saturated heterocycles. The molecule has 0 aliphatic heterocycles. The third-order valence-electron chi connectivity index (χ3n) is 13.7. The van der Waals surface area contributed by atoms with Crippen molar-refractivity contribution >= 4 is 10.8 Å². The van der Waals surface area contributed by atoms with E-state index in [0.29, 0.717) is 5.82 Å². The number of nitrogens with zero attached hydrogens (tertiary/aromatic N) is 2. The second kappa shape index (κ2) is 14.8. The van der Waals surface area contributed by atoms with Crippen molar-refractivity contribution in [3.05, 3.63) is 265 Å². The molecule has 10 aromatic carbocycles. The van der Waals surface area contributed by atoms with Crippen LogP contribution in [0.2, 0.25) is 0 Å². The molecule has 2 heteroatoms. The number of aromatic nitrogens is 2. The Kier molecular flexibility index (Phi) is 8.47. The number of hydrogen-bond acceptors (Lipinski definition) is 2. The Balaban J connectivity index is 1.00. The summed E-state index contributed by atoms with van der Waals surface area (Å²) < 4.78 is 0. The fraction of sp³-hybridized carbons (Fsp3) is 0.0159. The first kappa shape index (κ1) is 37.1. The molecule has 0 saturated carbocycles. The van der Waals surface area contributed by atoms with Crippen molar-refractivity contribution in [3.63, 3.8) is 0 Å². The minimum atomic E-state index is -0.467. The molecule has 1 heterocycles. The quantitative estimate of drug-likeness (QED) is 0.167. The van der Waals surface area contributed by atoms with E-state index in [0.717, 1.165) is 33.6 Å². The summed E-state index contributed by atoms with van der Waals surface area (Å²) in [5.41, 5.74) is 21.9. The molecule has 2 nitrogen and oxygen atoms in total. The molecule has 0 radical (unpaired) electrons. The van der Waals surface area contributed by atoms with E-state index in [-0.39, 0.29) is 0 Å². The standard InChI is InChI=1S/C63H40N2/c1-3-16-41(17-4-1)43-30-34-45(35-31-43)58-40-59(46-36-32-44(33-37-46)42-18-5-2-6-19-42)65-62(64-58)49-22-15-21-47(38-49)54-39-48-20-7-8-23-50(48)61-60(54)53-26-11-14-29-57(53)63(61)55-27-12-9-24-51(55)52-25-10-13-28-56(52)63/h1-40H. The van der Waals surface area contributed by atoms with E-state index in [1.807, 2.05) is 0 Å². The maximum Gasteiger partial charge on any atom is 0.160 e. The molecule has 0 fully saturated rings. The van der Waals surface area contributed by atoms with Gasteiger partial charge in [-0.1, -0.05) is 224 Å². The fourth-order valence-electron chi connectivity index (χ4n) is 10.8. The van der Waals surface area contributed by atoms with Gasteiger partial charge in [-0.25, -0.2) is 9.97 Å². The molecule has 1 aromatic heterocycles. The Labute approximate surface area is 378 Å². The van der Waals surface area contributed by atoms with Crippen LogP contribution < -0.4 is 0 Å². The van der Waals surface area contributed by atoms with Gasteiger partial charge in [-0.15, -0.1) is 0 Å². The Morgan fingerprint density at radius 1 is 0.277 bits per heavy atom. The van der Waals surface area contributed by atoms with Gasteiger partial charge in [0.05, 0.1) is 16.8 Å². The van der Waals surface area contributed by atoms with Crippen LogP contribution in [0, 0.1) is 0 Å². The zero-order chi connectivity index (χ0) is 42.9. The van der Waals surface area contributed by atoms with Crippen LogP contribution in [-0.2, 0) is 5.41 Å². The Morgan fingerprint density at radius 3 is 1.29 bits per heavy atom. The smallest absolute Gasteiger partial charge is 0.160 e. The topological polar surface area (TPSA) is 25.8 Å². The van der Waals surface area contributed by atoms with E-state index >= 15 is 0 Å². The largest absolute Gasteiger partial charge is 0.228 e. The van der Waals surface area contributed by atoms with Crippen molar-refractivity contribution in [3.8, 4) is 89.5 Å². The minimum absolute atomic E-state index is 0.467. The van der Waals surface area contributed by atoms with Crippen molar-refractivity contribution in [1.29, 1.82) is 0 Å². The van der Waals surface area contributed by atoms with E-state index < -0.39 is 5.41 Å². The molecule has 302 valence electrons.